The Morgan fingerprint density at radius 3 is 2.00 bits per heavy atom. The van der Waals surface area contributed by atoms with Crippen molar-refractivity contribution in [3.05, 3.63) is 52.1 Å². The van der Waals surface area contributed by atoms with Crippen molar-refractivity contribution in [3.63, 3.8) is 0 Å². The summed E-state index contributed by atoms with van der Waals surface area (Å²) in [6.45, 7) is 10.7. The van der Waals surface area contributed by atoms with E-state index in [1.165, 1.54) is 21.6 Å². The van der Waals surface area contributed by atoms with Crippen LogP contribution in [0.5, 0.6) is 0 Å². The molecule has 2 aliphatic rings. The van der Waals surface area contributed by atoms with Crippen LogP contribution in [0.4, 0.5) is 31.5 Å². The number of benzene rings is 1. The molecule has 1 N–H and O–H groups in total. The molecule has 1 atom stereocenters. The molecule has 0 radical (unpaired) electrons. The number of amides is 4. The molecular weight excluding hydrogens is 671 g/mol. The smallest absolute Gasteiger partial charge is 0.444 e. The van der Waals surface area contributed by atoms with Gasteiger partial charge in [0, 0.05) is 51.7 Å². The van der Waals surface area contributed by atoms with Gasteiger partial charge in [0.15, 0.2) is 5.69 Å². The topological polar surface area (TPSA) is 126 Å². The van der Waals surface area contributed by atoms with Crippen molar-refractivity contribution in [2.45, 2.75) is 97.8 Å². The van der Waals surface area contributed by atoms with E-state index in [0.29, 0.717) is 0 Å². The van der Waals surface area contributed by atoms with E-state index in [1.807, 2.05) is 0 Å². The first-order valence-electron chi connectivity index (χ1n) is 16.2. The van der Waals surface area contributed by atoms with E-state index in [9.17, 15) is 41.1 Å². The molecule has 3 heterocycles. The number of aryl methyl sites for hydroxylation is 1. The molecule has 0 saturated carbocycles. The Morgan fingerprint density at radius 1 is 0.840 bits per heavy atom. The number of alkyl halides is 3. The first-order valence-corrected chi connectivity index (χ1v) is 16.2. The third-order valence-electron chi connectivity index (χ3n) is 7.97. The molecule has 17 heteroatoms. The van der Waals surface area contributed by atoms with Crippen LogP contribution in [0.25, 0.3) is 0 Å². The largest absolute Gasteiger partial charge is 0.449 e. The number of hydrogen-bond acceptors (Lipinski definition) is 7. The Hall–Kier alpha value is -4.44. The summed E-state index contributed by atoms with van der Waals surface area (Å²) in [7, 11) is 0. The Kier molecular flexibility index (Phi) is 11.1. The molecule has 4 rings (SSSR count). The van der Waals surface area contributed by atoms with Crippen LogP contribution < -0.4 is 5.32 Å². The van der Waals surface area contributed by atoms with Gasteiger partial charge in [-0.3, -0.25) is 9.59 Å². The Balaban J connectivity index is 1.54. The van der Waals surface area contributed by atoms with E-state index in [0.717, 1.165) is 16.7 Å². The van der Waals surface area contributed by atoms with E-state index >= 15 is 0 Å². The van der Waals surface area contributed by atoms with Crippen molar-refractivity contribution in [3.8, 4) is 0 Å². The second kappa shape index (κ2) is 14.4. The van der Waals surface area contributed by atoms with Crippen LogP contribution in [-0.4, -0.2) is 98.2 Å². The molecular formula is C33H43F5N6O6. The number of ether oxygens (including phenoxy) is 2. The molecule has 1 aromatic heterocycles. The van der Waals surface area contributed by atoms with Gasteiger partial charge in [-0.2, -0.15) is 13.2 Å². The molecule has 0 spiro atoms. The normalized spacial score (nSPS) is 16.1. The SMILES string of the molecule is Cc1cc(F)c(C[C@H](CC(=O)N2CCn3c(C(F)(F)F)nc(C(=O)N4CCN(C(=O)OC(C)(C)C)CC4)c3C2)NC(=O)OC(C)(C)C)cc1F. The maximum absolute atomic E-state index is 14.8. The summed E-state index contributed by atoms with van der Waals surface area (Å²) in [5.41, 5.74) is -2.28. The van der Waals surface area contributed by atoms with Gasteiger partial charge in [0.05, 0.1) is 12.2 Å². The van der Waals surface area contributed by atoms with Gasteiger partial charge in [0.25, 0.3) is 5.91 Å². The highest BCUT2D eigenvalue weighted by molar-refractivity contribution is 5.94. The lowest BCUT2D eigenvalue weighted by molar-refractivity contribution is -0.148. The highest BCUT2D eigenvalue weighted by Gasteiger charge is 2.43. The third-order valence-corrected chi connectivity index (χ3v) is 7.97. The fourth-order valence-corrected chi connectivity index (χ4v) is 5.63. The molecule has 1 saturated heterocycles. The number of nitrogens with zero attached hydrogens (tertiary/aromatic N) is 5. The average Bonchev–Trinajstić information content (AvgIpc) is 3.37. The number of hydrogen-bond donors (Lipinski definition) is 1. The zero-order valence-corrected chi connectivity index (χ0v) is 29.2. The predicted molar refractivity (Wildman–Crippen MR) is 169 cm³/mol. The third kappa shape index (κ3) is 9.62. The van der Waals surface area contributed by atoms with E-state index in [4.69, 9.17) is 9.47 Å². The number of halogens is 5. The standard InChI is InChI=1S/C33H43F5N6O6/c1-19-14-23(35)20(16-22(19)34)15-21(39-29(47)49-31(2,3)4)17-25(45)43-12-13-44-24(18-43)26(40-28(44)33(36,37)38)27(46)41-8-10-42(11-9-41)30(48)50-32(5,6)7/h14,16,21H,8-13,15,17-18H2,1-7H3,(H,39,47)/t21-/m1/s1. The molecule has 0 bridgehead atoms. The Bertz CT molecular complexity index is 1620. The van der Waals surface area contributed by atoms with E-state index in [-0.39, 0.29) is 62.5 Å². The zero-order chi connectivity index (χ0) is 37.3. The fraction of sp³-hybridized carbons (Fsp3) is 0.606. The van der Waals surface area contributed by atoms with Crippen LogP contribution in [0.1, 0.15) is 81.1 Å². The van der Waals surface area contributed by atoms with Crippen LogP contribution >= 0.6 is 0 Å². The van der Waals surface area contributed by atoms with Crippen LogP contribution in [0.15, 0.2) is 12.1 Å². The summed E-state index contributed by atoms with van der Waals surface area (Å²) >= 11 is 0. The minimum Gasteiger partial charge on any atom is -0.444 e. The summed E-state index contributed by atoms with van der Waals surface area (Å²) in [6, 6.07) is 0.882. The molecule has 4 amide bonds. The van der Waals surface area contributed by atoms with Gasteiger partial charge < -0.3 is 34.1 Å². The maximum Gasteiger partial charge on any atom is 0.449 e. The summed E-state index contributed by atoms with van der Waals surface area (Å²) in [6.07, 6.45) is -7.12. The van der Waals surface area contributed by atoms with Gasteiger partial charge in [-0.1, -0.05) is 0 Å². The molecule has 1 fully saturated rings. The summed E-state index contributed by atoms with van der Waals surface area (Å²) in [5, 5.41) is 2.53. The molecule has 1 aromatic carbocycles. The summed E-state index contributed by atoms with van der Waals surface area (Å²) in [4.78, 5) is 60.0. The van der Waals surface area contributed by atoms with Gasteiger partial charge in [-0.05, 0) is 78.1 Å². The van der Waals surface area contributed by atoms with Crippen LogP contribution in [0, 0.1) is 18.6 Å². The van der Waals surface area contributed by atoms with E-state index in [1.54, 1.807) is 41.5 Å². The molecule has 0 unspecified atom stereocenters. The fourth-order valence-electron chi connectivity index (χ4n) is 5.63. The number of carbonyl (C=O) groups is 4. The highest BCUT2D eigenvalue weighted by Crippen LogP contribution is 2.33. The van der Waals surface area contributed by atoms with Gasteiger partial charge in [-0.15, -0.1) is 0 Å². The Labute approximate surface area is 286 Å². The lowest BCUT2D eigenvalue weighted by Gasteiger charge is -2.35. The number of alkyl carbamates (subject to hydrolysis) is 1. The molecule has 2 aromatic rings. The number of rotatable bonds is 6. The highest BCUT2D eigenvalue weighted by atomic mass is 19.4. The number of imidazole rings is 1. The van der Waals surface area contributed by atoms with Crippen molar-refractivity contribution >= 4 is 24.0 Å². The predicted octanol–water partition coefficient (Wildman–Crippen LogP) is 5.05. The van der Waals surface area contributed by atoms with Crippen LogP contribution in [0.3, 0.4) is 0 Å². The van der Waals surface area contributed by atoms with Crippen LogP contribution in [-0.2, 0) is 40.0 Å². The van der Waals surface area contributed by atoms with Gasteiger partial charge in [0.2, 0.25) is 11.7 Å². The minimum atomic E-state index is -4.90. The quantitative estimate of drug-likeness (QED) is 0.416. The number of nitrogens with one attached hydrogen (secondary N) is 1. The van der Waals surface area contributed by atoms with Crippen LogP contribution in [0.2, 0.25) is 0 Å². The average molecular weight is 715 g/mol. The van der Waals surface area contributed by atoms with Gasteiger partial charge in [0.1, 0.15) is 22.8 Å². The van der Waals surface area contributed by atoms with Crippen molar-refractivity contribution in [2.24, 2.45) is 0 Å². The van der Waals surface area contributed by atoms with Gasteiger partial charge >= 0.3 is 18.4 Å². The maximum atomic E-state index is 14.8. The van der Waals surface area contributed by atoms with Crippen molar-refractivity contribution in [1.82, 2.24) is 29.6 Å². The molecule has 12 nitrogen and oxygen atoms in total. The zero-order valence-electron chi connectivity index (χ0n) is 29.2. The van der Waals surface area contributed by atoms with Gasteiger partial charge in [-0.25, -0.2) is 23.4 Å². The molecule has 0 aliphatic carbocycles. The molecule has 50 heavy (non-hydrogen) atoms. The first-order chi connectivity index (χ1) is 23.0. The number of fused-ring (bicyclic) bond motifs is 1. The summed E-state index contributed by atoms with van der Waals surface area (Å²) < 4.78 is 82.9. The van der Waals surface area contributed by atoms with Crippen molar-refractivity contribution in [1.29, 1.82) is 0 Å². The second-order valence-corrected chi connectivity index (χ2v) is 14.4. The lowest BCUT2D eigenvalue weighted by atomic mass is 10.0. The first kappa shape index (κ1) is 38.4. The minimum absolute atomic E-state index is 0.0164. The Morgan fingerprint density at radius 2 is 1.42 bits per heavy atom. The second-order valence-electron chi connectivity index (χ2n) is 14.4. The number of aromatic nitrogens is 2. The number of piperazine rings is 1. The number of carbonyl (C=O) groups excluding carboxylic acids is 4. The molecule has 276 valence electrons. The molecule has 2 aliphatic heterocycles. The summed E-state index contributed by atoms with van der Waals surface area (Å²) in [5.74, 6) is -4.12. The van der Waals surface area contributed by atoms with E-state index < -0.39 is 83.5 Å². The lowest BCUT2D eigenvalue weighted by Crippen LogP contribution is -2.52. The monoisotopic (exact) mass is 714 g/mol. The van der Waals surface area contributed by atoms with E-state index in [2.05, 4.69) is 10.3 Å². The van der Waals surface area contributed by atoms with Crippen molar-refractivity contribution in [2.75, 3.05) is 32.7 Å². The van der Waals surface area contributed by atoms with Crippen molar-refractivity contribution < 1.29 is 50.6 Å².